The first-order chi connectivity index (χ1) is 8.52. The molecule has 0 spiro atoms. The first-order valence-corrected chi connectivity index (χ1v) is 6.00. The lowest BCUT2D eigenvalue weighted by Gasteiger charge is -2.15. The topological polar surface area (TPSA) is 55.8 Å². The third-order valence-electron chi connectivity index (χ3n) is 2.44. The van der Waals surface area contributed by atoms with Gasteiger partial charge in [0.05, 0.1) is 6.61 Å². The van der Waals surface area contributed by atoms with Gasteiger partial charge in [-0.3, -0.25) is 0 Å². The maximum absolute atomic E-state index is 11.8. The van der Waals surface area contributed by atoms with Crippen LogP contribution in [0.15, 0.2) is 24.3 Å². The van der Waals surface area contributed by atoms with E-state index in [1.54, 1.807) is 18.2 Å². The van der Waals surface area contributed by atoms with Gasteiger partial charge in [0.15, 0.2) is 6.10 Å². The lowest BCUT2D eigenvalue weighted by atomic mass is 10.1. The molecule has 0 aromatic heterocycles. The highest BCUT2D eigenvalue weighted by Crippen LogP contribution is 2.14. The molecule has 1 rings (SSSR count). The summed E-state index contributed by atoms with van der Waals surface area (Å²) in [7, 11) is 1.48. The van der Waals surface area contributed by atoms with Gasteiger partial charge >= 0.3 is 5.97 Å². The van der Waals surface area contributed by atoms with E-state index >= 15 is 0 Å². The molecule has 4 heteroatoms. The fourth-order valence-corrected chi connectivity index (χ4v) is 1.50. The largest absolute Gasteiger partial charge is 0.508 e. The van der Waals surface area contributed by atoms with Crippen molar-refractivity contribution in [2.24, 2.45) is 5.92 Å². The minimum Gasteiger partial charge on any atom is -0.508 e. The second-order valence-electron chi connectivity index (χ2n) is 4.62. The molecule has 0 amide bonds. The predicted octanol–water partition coefficient (Wildman–Crippen LogP) is 2.15. The number of esters is 1. The molecule has 0 bridgehead atoms. The van der Waals surface area contributed by atoms with E-state index in [9.17, 15) is 9.90 Å². The summed E-state index contributed by atoms with van der Waals surface area (Å²) in [5.74, 6) is 0.111. The summed E-state index contributed by atoms with van der Waals surface area (Å²) in [5.41, 5.74) is 0.836. The molecule has 100 valence electrons. The van der Waals surface area contributed by atoms with E-state index < -0.39 is 6.10 Å². The van der Waals surface area contributed by atoms with Gasteiger partial charge in [0.25, 0.3) is 0 Å². The Hall–Kier alpha value is -1.55. The molecule has 1 aromatic carbocycles. The Morgan fingerprint density at radius 2 is 2.11 bits per heavy atom. The molecule has 0 saturated carbocycles. The molecule has 1 aromatic rings. The summed E-state index contributed by atoms with van der Waals surface area (Å²) >= 11 is 0. The van der Waals surface area contributed by atoms with Crippen molar-refractivity contribution >= 4 is 5.97 Å². The molecule has 0 heterocycles. The van der Waals surface area contributed by atoms with Crippen molar-refractivity contribution in [2.75, 3.05) is 13.7 Å². The van der Waals surface area contributed by atoms with E-state index in [0.29, 0.717) is 18.9 Å². The Balaban J connectivity index is 2.58. The van der Waals surface area contributed by atoms with Crippen LogP contribution in [0.3, 0.4) is 0 Å². The van der Waals surface area contributed by atoms with Gasteiger partial charge in [0, 0.05) is 13.5 Å². The lowest BCUT2D eigenvalue weighted by molar-refractivity contribution is -0.156. The normalized spacial score (nSPS) is 12.4. The summed E-state index contributed by atoms with van der Waals surface area (Å²) in [6.07, 6.45) is -0.243. The predicted molar refractivity (Wildman–Crippen MR) is 68.4 cm³/mol. The van der Waals surface area contributed by atoms with E-state index in [2.05, 4.69) is 0 Å². The van der Waals surface area contributed by atoms with Gasteiger partial charge < -0.3 is 14.6 Å². The number of methoxy groups -OCH3 is 1. The third kappa shape index (κ3) is 4.75. The number of rotatable bonds is 6. The first kappa shape index (κ1) is 14.5. The van der Waals surface area contributed by atoms with Gasteiger partial charge in [0.1, 0.15) is 5.75 Å². The molecule has 0 fully saturated rings. The molecule has 4 nitrogen and oxygen atoms in total. The summed E-state index contributed by atoms with van der Waals surface area (Å²) in [6.45, 7) is 4.34. The van der Waals surface area contributed by atoms with Crippen LogP contribution in [0.4, 0.5) is 0 Å². The van der Waals surface area contributed by atoms with Crippen molar-refractivity contribution in [1.82, 2.24) is 0 Å². The van der Waals surface area contributed by atoms with Crippen LogP contribution >= 0.6 is 0 Å². The molecule has 0 aliphatic carbocycles. The van der Waals surface area contributed by atoms with Crippen molar-refractivity contribution in [3.8, 4) is 5.75 Å². The molecular weight excluding hydrogens is 232 g/mol. The Labute approximate surface area is 108 Å². The zero-order valence-electron chi connectivity index (χ0n) is 11.1. The van der Waals surface area contributed by atoms with E-state index in [1.165, 1.54) is 7.11 Å². The Bertz CT molecular complexity index is 387. The van der Waals surface area contributed by atoms with Crippen molar-refractivity contribution in [3.05, 3.63) is 29.8 Å². The van der Waals surface area contributed by atoms with Gasteiger partial charge in [-0.05, 0) is 23.6 Å². The summed E-state index contributed by atoms with van der Waals surface area (Å²) in [5, 5.41) is 9.36. The standard InChI is InChI=1S/C14H20O4/c1-10(2)9-18-14(16)13(17-3)8-11-5-4-6-12(15)7-11/h4-7,10,13,15H,8-9H2,1-3H3. The summed E-state index contributed by atoms with van der Waals surface area (Å²) in [4.78, 5) is 11.8. The van der Waals surface area contributed by atoms with Gasteiger partial charge in [-0.25, -0.2) is 4.79 Å². The van der Waals surface area contributed by atoms with Crippen LogP contribution in [0.1, 0.15) is 19.4 Å². The SMILES string of the molecule is COC(Cc1cccc(O)c1)C(=O)OCC(C)C. The second-order valence-corrected chi connectivity index (χ2v) is 4.62. The van der Waals surface area contributed by atoms with Crippen LogP contribution < -0.4 is 0 Å². The fourth-order valence-electron chi connectivity index (χ4n) is 1.50. The maximum Gasteiger partial charge on any atom is 0.335 e. The van der Waals surface area contributed by atoms with Crippen LogP contribution in [0, 0.1) is 5.92 Å². The van der Waals surface area contributed by atoms with Gasteiger partial charge in [-0.15, -0.1) is 0 Å². The molecule has 0 aliphatic heterocycles. The van der Waals surface area contributed by atoms with E-state index in [-0.39, 0.29) is 11.7 Å². The highest BCUT2D eigenvalue weighted by Gasteiger charge is 2.20. The number of carbonyl (C=O) groups is 1. The Morgan fingerprint density at radius 1 is 1.39 bits per heavy atom. The number of benzene rings is 1. The zero-order valence-corrected chi connectivity index (χ0v) is 11.1. The number of hydrogen-bond acceptors (Lipinski definition) is 4. The molecule has 0 radical (unpaired) electrons. The number of ether oxygens (including phenoxy) is 2. The van der Waals surface area contributed by atoms with Crippen molar-refractivity contribution in [2.45, 2.75) is 26.4 Å². The molecule has 1 N–H and O–H groups in total. The minimum absolute atomic E-state index is 0.179. The number of phenols is 1. The average molecular weight is 252 g/mol. The fraction of sp³-hybridized carbons (Fsp3) is 0.500. The van der Waals surface area contributed by atoms with E-state index in [0.717, 1.165) is 5.56 Å². The van der Waals surface area contributed by atoms with Crippen LogP contribution in [0.5, 0.6) is 5.75 Å². The number of aromatic hydroxyl groups is 1. The Morgan fingerprint density at radius 3 is 2.67 bits per heavy atom. The Kier molecular flexibility index (Phi) is 5.65. The van der Waals surface area contributed by atoms with Crippen molar-refractivity contribution in [1.29, 1.82) is 0 Å². The molecule has 0 aliphatic rings. The second kappa shape index (κ2) is 7.01. The quantitative estimate of drug-likeness (QED) is 0.788. The molecule has 0 saturated heterocycles. The number of phenolic OH excluding ortho intramolecular Hbond substituents is 1. The summed E-state index contributed by atoms with van der Waals surface area (Å²) < 4.78 is 10.3. The zero-order chi connectivity index (χ0) is 13.5. The van der Waals surface area contributed by atoms with Crippen LogP contribution in [-0.2, 0) is 20.7 Å². The highest BCUT2D eigenvalue weighted by atomic mass is 16.6. The van der Waals surface area contributed by atoms with Gasteiger partial charge in [-0.2, -0.15) is 0 Å². The van der Waals surface area contributed by atoms with Crippen molar-refractivity contribution in [3.63, 3.8) is 0 Å². The lowest BCUT2D eigenvalue weighted by Crippen LogP contribution is -2.28. The average Bonchev–Trinajstić information content (AvgIpc) is 2.33. The number of hydrogen-bond donors (Lipinski definition) is 1. The van der Waals surface area contributed by atoms with E-state index in [4.69, 9.17) is 9.47 Å². The van der Waals surface area contributed by atoms with Crippen LogP contribution in [-0.4, -0.2) is 30.9 Å². The van der Waals surface area contributed by atoms with Gasteiger partial charge in [0.2, 0.25) is 0 Å². The minimum atomic E-state index is -0.634. The van der Waals surface area contributed by atoms with Gasteiger partial charge in [-0.1, -0.05) is 26.0 Å². The summed E-state index contributed by atoms with van der Waals surface area (Å²) in [6, 6.07) is 6.77. The number of carbonyl (C=O) groups excluding carboxylic acids is 1. The smallest absolute Gasteiger partial charge is 0.335 e. The highest BCUT2D eigenvalue weighted by molar-refractivity contribution is 5.75. The third-order valence-corrected chi connectivity index (χ3v) is 2.44. The first-order valence-electron chi connectivity index (χ1n) is 6.00. The van der Waals surface area contributed by atoms with Crippen LogP contribution in [0.25, 0.3) is 0 Å². The van der Waals surface area contributed by atoms with Crippen LogP contribution in [0.2, 0.25) is 0 Å². The van der Waals surface area contributed by atoms with E-state index in [1.807, 2.05) is 19.9 Å². The molecular formula is C14H20O4. The monoisotopic (exact) mass is 252 g/mol. The molecule has 18 heavy (non-hydrogen) atoms. The van der Waals surface area contributed by atoms with Crippen molar-refractivity contribution < 1.29 is 19.4 Å². The maximum atomic E-state index is 11.8. The molecule has 1 unspecified atom stereocenters. The molecule has 1 atom stereocenters.